The van der Waals surface area contributed by atoms with Crippen molar-refractivity contribution in [1.82, 2.24) is 4.57 Å². The van der Waals surface area contributed by atoms with Crippen molar-refractivity contribution in [3.63, 3.8) is 0 Å². The Balaban J connectivity index is 0.000000186. The Morgan fingerprint density at radius 1 is 0.957 bits per heavy atom. The summed E-state index contributed by atoms with van der Waals surface area (Å²) in [6, 6.07) is 17.2. The van der Waals surface area contributed by atoms with Crippen LogP contribution in [0.4, 0.5) is 0 Å². The van der Waals surface area contributed by atoms with Gasteiger partial charge in [0.15, 0.2) is 0 Å². The summed E-state index contributed by atoms with van der Waals surface area (Å²) in [7, 11) is 1.73. The zero-order valence-corrected chi connectivity index (χ0v) is 13.7. The van der Waals surface area contributed by atoms with Crippen molar-refractivity contribution >= 4 is 0 Å². The maximum atomic E-state index is 5.30. The molecule has 116 valence electrons. The van der Waals surface area contributed by atoms with E-state index in [1.54, 1.807) is 7.11 Å². The van der Waals surface area contributed by atoms with Gasteiger partial charge in [-0.05, 0) is 72.4 Å². The van der Waals surface area contributed by atoms with Crippen molar-refractivity contribution in [3.8, 4) is 28.1 Å². The van der Waals surface area contributed by atoms with Crippen LogP contribution < -0.4 is 4.74 Å². The molecule has 1 heterocycles. The van der Waals surface area contributed by atoms with Gasteiger partial charge in [-0.3, -0.25) is 0 Å². The molecule has 1 aromatic heterocycles. The zero-order chi connectivity index (χ0) is 15.8. The molecule has 0 N–H and O–H groups in total. The van der Waals surface area contributed by atoms with Crippen molar-refractivity contribution < 1.29 is 4.74 Å². The van der Waals surface area contributed by atoms with Crippen LogP contribution in [0, 0.1) is 0 Å². The summed E-state index contributed by atoms with van der Waals surface area (Å²) in [5, 5.41) is 0. The summed E-state index contributed by atoms with van der Waals surface area (Å²) in [6.07, 6.45) is 4.46. The average molecular weight is 303 g/mol. The average Bonchev–Trinajstić information content (AvgIpc) is 3.01. The molecule has 0 bridgehead atoms. The van der Waals surface area contributed by atoms with Crippen molar-refractivity contribution in [2.75, 3.05) is 7.11 Å². The van der Waals surface area contributed by atoms with E-state index in [0.29, 0.717) is 0 Å². The number of hydrogen-bond donors (Lipinski definition) is 0. The normalized spacial score (nSPS) is 12.6. The minimum atomic E-state index is 0.960. The highest BCUT2D eigenvalue weighted by atomic mass is 16.5. The molecule has 3 aliphatic rings. The predicted molar refractivity (Wildman–Crippen MR) is 94.9 cm³/mol. The van der Waals surface area contributed by atoms with Crippen LogP contribution in [-0.2, 0) is 19.4 Å². The smallest absolute Gasteiger partial charge is 0.119 e. The molecular formula is C21H21NO. The van der Waals surface area contributed by atoms with Gasteiger partial charge in [-0.2, -0.15) is 0 Å². The van der Waals surface area contributed by atoms with E-state index in [1.165, 1.54) is 33.5 Å². The first-order chi connectivity index (χ1) is 11.3. The van der Waals surface area contributed by atoms with Crippen LogP contribution in [0.1, 0.15) is 18.1 Å². The van der Waals surface area contributed by atoms with E-state index in [0.717, 1.165) is 25.1 Å². The quantitative estimate of drug-likeness (QED) is 0.511. The number of aryl methyl sites for hydroxylation is 3. The molecule has 2 nitrogen and oxygen atoms in total. The third kappa shape index (κ3) is 2.55. The fourth-order valence-electron chi connectivity index (χ4n) is 3.39. The van der Waals surface area contributed by atoms with Crippen molar-refractivity contribution in [2.24, 2.45) is 0 Å². The first-order valence-electron chi connectivity index (χ1n) is 8.26. The van der Waals surface area contributed by atoms with E-state index in [9.17, 15) is 0 Å². The maximum Gasteiger partial charge on any atom is 0.119 e. The Bertz CT molecular complexity index is 829. The van der Waals surface area contributed by atoms with Crippen molar-refractivity contribution in [1.29, 1.82) is 0 Å². The third-order valence-electron chi connectivity index (χ3n) is 4.73. The van der Waals surface area contributed by atoms with E-state index in [1.807, 2.05) is 0 Å². The van der Waals surface area contributed by atoms with Gasteiger partial charge in [0.05, 0.1) is 12.8 Å². The molecule has 3 aliphatic carbocycles. The lowest BCUT2D eigenvalue weighted by Gasteiger charge is -2.20. The number of nitrogens with zero attached hydrogens (tertiary/aromatic N) is 1. The van der Waals surface area contributed by atoms with E-state index in [-0.39, 0.29) is 0 Å². The Hall–Kier alpha value is -2.48. The van der Waals surface area contributed by atoms with Crippen molar-refractivity contribution in [2.45, 2.75) is 26.3 Å². The second kappa shape index (κ2) is 5.62. The molecule has 23 heavy (non-hydrogen) atoms. The van der Waals surface area contributed by atoms with Crippen molar-refractivity contribution in [3.05, 3.63) is 65.9 Å². The molecule has 0 unspecified atom stereocenters. The standard InChI is InChI=1S/C15H17NO.C6H4/c1-3-16-9-8-11-4-5-12-10-13(17-2)6-7-14(12)15(11)16;1-2-5-4-6(5)3-1/h6-10H,3-5H2,1-2H3;1-4H. The van der Waals surface area contributed by atoms with Crippen LogP contribution in [0.25, 0.3) is 22.4 Å². The highest BCUT2D eigenvalue weighted by Crippen LogP contribution is 2.36. The van der Waals surface area contributed by atoms with Gasteiger partial charge < -0.3 is 9.30 Å². The number of hydrogen-bond acceptors (Lipinski definition) is 1. The number of ether oxygens (including phenoxy) is 1. The Morgan fingerprint density at radius 3 is 2.35 bits per heavy atom. The number of aromatic nitrogens is 1. The molecule has 0 spiro atoms. The lowest BCUT2D eigenvalue weighted by Crippen LogP contribution is -2.06. The molecule has 2 heteroatoms. The first kappa shape index (κ1) is 14.1. The van der Waals surface area contributed by atoms with Gasteiger partial charge in [0.2, 0.25) is 0 Å². The predicted octanol–water partition coefficient (Wildman–Crippen LogP) is 4.95. The number of fused-ring (bicyclic) bond motifs is 4. The van der Waals surface area contributed by atoms with Gasteiger partial charge in [-0.25, -0.2) is 0 Å². The molecular weight excluding hydrogens is 282 g/mol. The van der Waals surface area contributed by atoms with Crippen LogP contribution in [0.5, 0.6) is 5.75 Å². The van der Waals surface area contributed by atoms with Crippen LogP contribution in [0.15, 0.2) is 54.7 Å². The van der Waals surface area contributed by atoms with Gasteiger partial charge in [-0.1, -0.05) is 18.2 Å². The molecule has 0 radical (unpaired) electrons. The lowest BCUT2D eigenvalue weighted by atomic mass is 9.90. The molecule has 0 amide bonds. The molecule has 2 aromatic rings. The lowest BCUT2D eigenvalue weighted by molar-refractivity contribution is 0.414. The van der Waals surface area contributed by atoms with Crippen LogP contribution in [0.3, 0.4) is 0 Å². The second-order valence-corrected chi connectivity index (χ2v) is 6.08. The van der Waals surface area contributed by atoms with Crippen LogP contribution in [-0.4, -0.2) is 11.7 Å². The van der Waals surface area contributed by atoms with Gasteiger partial charge in [-0.15, -0.1) is 0 Å². The summed E-state index contributed by atoms with van der Waals surface area (Å²) < 4.78 is 7.63. The summed E-state index contributed by atoms with van der Waals surface area (Å²) in [5.74, 6) is 0.960. The van der Waals surface area contributed by atoms with E-state index in [2.05, 4.69) is 66.2 Å². The summed E-state index contributed by atoms with van der Waals surface area (Å²) in [4.78, 5) is 0. The number of rotatable bonds is 2. The Morgan fingerprint density at radius 2 is 1.74 bits per heavy atom. The monoisotopic (exact) mass is 303 g/mol. The van der Waals surface area contributed by atoms with Crippen LogP contribution in [0.2, 0.25) is 0 Å². The SMILES string of the molecule is CCn1ccc2c1-c1ccc(OC)cc1CC2.c1cc2cc-2c1. The fourth-order valence-corrected chi connectivity index (χ4v) is 3.39. The zero-order valence-electron chi connectivity index (χ0n) is 13.7. The van der Waals surface area contributed by atoms with Crippen LogP contribution >= 0.6 is 0 Å². The first-order valence-corrected chi connectivity index (χ1v) is 8.26. The topological polar surface area (TPSA) is 14.2 Å². The summed E-state index contributed by atoms with van der Waals surface area (Å²) >= 11 is 0. The van der Waals surface area contributed by atoms with Gasteiger partial charge in [0.1, 0.15) is 5.75 Å². The molecule has 0 aliphatic heterocycles. The van der Waals surface area contributed by atoms with Gasteiger partial charge in [0, 0.05) is 18.3 Å². The molecule has 0 fully saturated rings. The summed E-state index contributed by atoms with van der Waals surface area (Å²) in [6.45, 7) is 3.22. The number of benzene rings is 2. The minimum Gasteiger partial charge on any atom is -0.497 e. The van der Waals surface area contributed by atoms with Gasteiger partial charge in [0.25, 0.3) is 0 Å². The maximum absolute atomic E-state index is 5.30. The third-order valence-corrected chi connectivity index (χ3v) is 4.73. The Kier molecular flexibility index (Phi) is 3.45. The molecule has 0 atom stereocenters. The van der Waals surface area contributed by atoms with E-state index >= 15 is 0 Å². The summed E-state index contributed by atoms with van der Waals surface area (Å²) in [5.41, 5.74) is 8.51. The van der Waals surface area contributed by atoms with Gasteiger partial charge >= 0.3 is 0 Å². The highest BCUT2D eigenvalue weighted by Gasteiger charge is 2.19. The minimum absolute atomic E-state index is 0.960. The molecule has 0 saturated heterocycles. The Labute approximate surface area is 137 Å². The van der Waals surface area contributed by atoms with E-state index in [4.69, 9.17) is 4.74 Å². The largest absolute Gasteiger partial charge is 0.497 e. The fraction of sp³-hybridized carbons (Fsp3) is 0.238. The molecule has 1 aromatic carbocycles. The second-order valence-electron chi connectivity index (χ2n) is 6.08. The highest BCUT2D eigenvalue weighted by molar-refractivity contribution is 5.80. The molecule has 5 rings (SSSR count). The number of methoxy groups -OCH3 is 1. The van der Waals surface area contributed by atoms with E-state index < -0.39 is 0 Å². The molecule has 0 saturated carbocycles.